The van der Waals surface area contributed by atoms with Crippen LogP contribution in [0.15, 0.2) is 0 Å². The minimum absolute atomic E-state index is 0.167. The molecule has 2 N–H and O–H groups in total. The molecule has 18 heavy (non-hydrogen) atoms. The number of hydrogen-bond acceptors (Lipinski definition) is 4. The van der Waals surface area contributed by atoms with Crippen LogP contribution in [0, 0.1) is 0 Å². The van der Waals surface area contributed by atoms with Crippen LogP contribution in [0.4, 0.5) is 0 Å². The van der Waals surface area contributed by atoms with Gasteiger partial charge in [-0.3, -0.25) is 9.59 Å². The van der Waals surface area contributed by atoms with Gasteiger partial charge in [0.2, 0.25) is 0 Å². The van der Waals surface area contributed by atoms with Crippen LogP contribution >= 0.6 is 0 Å². The Bertz CT molecular complexity index is 306. The van der Waals surface area contributed by atoms with Crippen molar-refractivity contribution in [3.63, 3.8) is 0 Å². The van der Waals surface area contributed by atoms with Crippen LogP contribution in [0.3, 0.4) is 0 Å². The average molecular weight is 257 g/mol. The lowest BCUT2D eigenvalue weighted by Crippen LogP contribution is -2.53. The van der Waals surface area contributed by atoms with Gasteiger partial charge in [-0.05, 0) is 20.8 Å². The fraction of sp³-hybridized carbons (Fsp3) is 0.833. The molecule has 0 aromatic rings. The van der Waals surface area contributed by atoms with Crippen LogP contribution in [-0.2, 0) is 9.59 Å². The zero-order valence-electron chi connectivity index (χ0n) is 11.4. The molecule has 0 atom stereocenters. The summed E-state index contributed by atoms with van der Waals surface area (Å²) < 4.78 is 0. The van der Waals surface area contributed by atoms with Gasteiger partial charge in [-0.2, -0.15) is 0 Å². The van der Waals surface area contributed by atoms with E-state index in [9.17, 15) is 14.7 Å². The van der Waals surface area contributed by atoms with E-state index in [1.807, 2.05) is 0 Å². The third-order valence-electron chi connectivity index (χ3n) is 2.83. The first-order valence-corrected chi connectivity index (χ1v) is 6.36. The van der Waals surface area contributed by atoms with Crippen LogP contribution in [0.25, 0.3) is 0 Å². The summed E-state index contributed by atoms with van der Waals surface area (Å²) in [7, 11) is 0. The largest absolute Gasteiger partial charge is 0.389 e. The fourth-order valence-corrected chi connectivity index (χ4v) is 1.93. The average Bonchev–Trinajstić information content (AvgIpc) is 2.34. The maximum Gasteiger partial charge on any atom is 0.312 e. The molecule has 0 saturated carbocycles. The van der Waals surface area contributed by atoms with E-state index in [1.165, 1.54) is 4.90 Å². The quantitative estimate of drug-likeness (QED) is 0.639. The Labute approximate surface area is 108 Å². The van der Waals surface area contributed by atoms with Crippen molar-refractivity contribution in [3.05, 3.63) is 0 Å². The molecule has 2 amide bonds. The van der Waals surface area contributed by atoms with Crippen LogP contribution in [-0.4, -0.2) is 71.6 Å². The molecule has 6 nitrogen and oxygen atoms in total. The van der Waals surface area contributed by atoms with Crippen LogP contribution < -0.4 is 5.32 Å². The predicted molar refractivity (Wildman–Crippen MR) is 68.0 cm³/mol. The monoisotopic (exact) mass is 257 g/mol. The molecule has 1 fully saturated rings. The van der Waals surface area contributed by atoms with Gasteiger partial charge < -0.3 is 20.2 Å². The number of piperazine rings is 1. The first-order valence-electron chi connectivity index (χ1n) is 6.36. The van der Waals surface area contributed by atoms with Gasteiger partial charge >= 0.3 is 11.8 Å². The molecule has 6 heteroatoms. The lowest BCUT2D eigenvalue weighted by atomic mass is 10.1. The van der Waals surface area contributed by atoms with E-state index in [1.54, 1.807) is 25.7 Å². The number of amides is 2. The van der Waals surface area contributed by atoms with E-state index in [0.717, 1.165) is 13.1 Å². The second-order valence-corrected chi connectivity index (χ2v) is 5.17. The van der Waals surface area contributed by atoms with Gasteiger partial charge in [0.1, 0.15) is 0 Å². The number of aliphatic hydroxyl groups is 1. The molecule has 1 aliphatic rings. The number of likely N-dealkylation sites (N-methyl/N-ethyl adjacent to an activating group) is 1. The van der Waals surface area contributed by atoms with Crippen LogP contribution in [0.5, 0.6) is 0 Å². The van der Waals surface area contributed by atoms with Gasteiger partial charge in [-0.25, -0.2) is 0 Å². The van der Waals surface area contributed by atoms with Crippen molar-refractivity contribution < 1.29 is 14.7 Å². The third-order valence-corrected chi connectivity index (χ3v) is 2.83. The van der Waals surface area contributed by atoms with Crippen LogP contribution in [0.2, 0.25) is 0 Å². The Balaban J connectivity index is 2.62. The number of carbonyl (C=O) groups is 2. The molecule has 104 valence electrons. The van der Waals surface area contributed by atoms with E-state index in [0.29, 0.717) is 19.6 Å². The molecule has 0 bridgehead atoms. The first-order chi connectivity index (χ1) is 8.35. The molecule has 1 aliphatic heterocycles. The zero-order chi connectivity index (χ0) is 13.8. The van der Waals surface area contributed by atoms with Crippen molar-refractivity contribution in [1.29, 1.82) is 0 Å². The Kier molecular flexibility index (Phi) is 5.10. The van der Waals surface area contributed by atoms with Crippen molar-refractivity contribution in [2.45, 2.75) is 26.4 Å². The van der Waals surface area contributed by atoms with Gasteiger partial charge in [0.25, 0.3) is 0 Å². The number of hydrogen-bond donors (Lipinski definition) is 2. The minimum atomic E-state index is -0.991. The Morgan fingerprint density at radius 1 is 1.33 bits per heavy atom. The van der Waals surface area contributed by atoms with Gasteiger partial charge in [0, 0.05) is 39.3 Å². The number of rotatable bonds is 3. The second kappa shape index (κ2) is 6.15. The van der Waals surface area contributed by atoms with Crippen molar-refractivity contribution in [1.82, 2.24) is 15.1 Å². The number of nitrogens with zero attached hydrogens (tertiary/aromatic N) is 2. The lowest BCUT2D eigenvalue weighted by molar-refractivity contribution is -0.153. The van der Waals surface area contributed by atoms with E-state index in [-0.39, 0.29) is 6.54 Å². The van der Waals surface area contributed by atoms with Gasteiger partial charge in [-0.15, -0.1) is 0 Å². The summed E-state index contributed by atoms with van der Waals surface area (Å²) in [5, 5.41) is 12.9. The highest BCUT2D eigenvalue weighted by Crippen LogP contribution is 2.06. The molecule has 0 aliphatic carbocycles. The predicted octanol–water partition coefficient (Wildman–Crippen LogP) is -0.962. The summed E-state index contributed by atoms with van der Waals surface area (Å²) in [6, 6.07) is 0. The Morgan fingerprint density at radius 3 is 2.33 bits per heavy atom. The fourth-order valence-electron chi connectivity index (χ4n) is 1.93. The summed E-state index contributed by atoms with van der Waals surface area (Å²) in [6.07, 6.45) is 0. The Hall–Kier alpha value is -1.14. The minimum Gasteiger partial charge on any atom is -0.389 e. The molecule has 1 saturated heterocycles. The van der Waals surface area contributed by atoms with E-state index in [2.05, 4.69) is 5.32 Å². The SMILES string of the molecule is CCN(CC(C)(C)O)C(=O)C(=O)N1CCNCC1. The summed E-state index contributed by atoms with van der Waals surface area (Å²) in [5.41, 5.74) is -0.991. The van der Waals surface area contributed by atoms with Crippen molar-refractivity contribution in [3.8, 4) is 0 Å². The molecule has 0 radical (unpaired) electrons. The highest BCUT2D eigenvalue weighted by molar-refractivity contribution is 6.34. The van der Waals surface area contributed by atoms with Gasteiger partial charge in [0.15, 0.2) is 0 Å². The van der Waals surface area contributed by atoms with Crippen LogP contribution in [0.1, 0.15) is 20.8 Å². The maximum atomic E-state index is 12.1. The van der Waals surface area contributed by atoms with Gasteiger partial charge in [-0.1, -0.05) is 0 Å². The van der Waals surface area contributed by atoms with E-state index in [4.69, 9.17) is 0 Å². The van der Waals surface area contributed by atoms with Crippen molar-refractivity contribution in [2.75, 3.05) is 39.3 Å². The molecule has 0 spiro atoms. The summed E-state index contributed by atoms with van der Waals surface area (Å²) in [6.45, 7) is 8.19. The topological polar surface area (TPSA) is 72.9 Å². The number of nitrogens with one attached hydrogen (secondary N) is 1. The summed E-state index contributed by atoms with van der Waals surface area (Å²) in [4.78, 5) is 27.0. The molecular formula is C12H23N3O3. The smallest absolute Gasteiger partial charge is 0.312 e. The Morgan fingerprint density at radius 2 is 1.89 bits per heavy atom. The van der Waals surface area contributed by atoms with Gasteiger partial charge in [0.05, 0.1) is 5.60 Å². The molecule has 0 unspecified atom stereocenters. The molecule has 1 rings (SSSR count). The number of carbonyl (C=O) groups excluding carboxylic acids is 2. The molecule has 0 aromatic heterocycles. The second-order valence-electron chi connectivity index (χ2n) is 5.17. The maximum absolute atomic E-state index is 12.1. The van der Waals surface area contributed by atoms with E-state index >= 15 is 0 Å². The summed E-state index contributed by atoms with van der Waals surface area (Å²) in [5.74, 6) is -0.996. The summed E-state index contributed by atoms with van der Waals surface area (Å²) >= 11 is 0. The van der Waals surface area contributed by atoms with E-state index < -0.39 is 17.4 Å². The first kappa shape index (κ1) is 14.9. The lowest BCUT2D eigenvalue weighted by Gasteiger charge is -2.31. The van der Waals surface area contributed by atoms with Crippen molar-refractivity contribution >= 4 is 11.8 Å². The molecule has 1 heterocycles. The van der Waals surface area contributed by atoms with Crippen molar-refractivity contribution in [2.24, 2.45) is 0 Å². The highest BCUT2D eigenvalue weighted by atomic mass is 16.3. The zero-order valence-corrected chi connectivity index (χ0v) is 11.4. The highest BCUT2D eigenvalue weighted by Gasteiger charge is 2.29. The third kappa shape index (κ3) is 4.27. The molecular weight excluding hydrogens is 234 g/mol. The molecule has 0 aromatic carbocycles. The standard InChI is InChI=1S/C12H23N3O3/c1-4-14(9-12(2,3)18)10(16)11(17)15-7-5-13-6-8-15/h13,18H,4-9H2,1-3H3. The normalized spacial score (nSPS) is 16.6.